The van der Waals surface area contributed by atoms with Crippen LogP contribution in [0.2, 0.25) is 5.02 Å². The molecule has 1 aromatic carbocycles. The molecule has 3 rings (SSSR count). The fraction of sp³-hybridized carbons (Fsp3) is 0.143. The molecule has 1 nitrogen and oxygen atoms in total. The minimum atomic E-state index is 0.829. The quantitative estimate of drug-likeness (QED) is 0.721. The number of rotatable bonds is 4. The van der Waals surface area contributed by atoms with Gasteiger partial charge in [0, 0.05) is 32.9 Å². The first-order valence-electron chi connectivity index (χ1n) is 5.73. The third-order valence-electron chi connectivity index (χ3n) is 2.77. The van der Waals surface area contributed by atoms with E-state index in [1.165, 1.54) is 14.5 Å². The van der Waals surface area contributed by atoms with Gasteiger partial charge in [0.05, 0.1) is 5.02 Å². The van der Waals surface area contributed by atoms with E-state index in [2.05, 4.69) is 41.0 Å². The molecule has 2 heterocycles. The van der Waals surface area contributed by atoms with Crippen LogP contribution in [0.5, 0.6) is 0 Å². The van der Waals surface area contributed by atoms with Crippen LogP contribution in [0.25, 0.3) is 10.1 Å². The van der Waals surface area contributed by atoms with Crippen LogP contribution in [0.1, 0.15) is 9.75 Å². The van der Waals surface area contributed by atoms with Crippen LogP contribution in [0.3, 0.4) is 0 Å². The summed E-state index contributed by atoms with van der Waals surface area (Å²) in [7, 11) is 0. The van der Waals surface area contributed by atoms with E-state index >= 15 is 0 Å². The maximum atomic E-state index is 6.39. The highest BCUT2D eigenvalue weighted by Crippen LogP contribution is 2.34. The zero-order chi connectivity index (χ0) is 12.4. The molecular formula is C14H12ClNS2. The molecule has 2 aromatic heterocycles. The molecule has 0 unspecified atom stereocenters. The Balaban J connectivity index is 1.73. The minimum absolute atomic E-state index is 0.829. The van der Waals surface area contributed by atoms with Crippen molar-refractivity contribution >= 4 is 44.4 Å². The van der Waals surface area contributed by atoms with Gasteiger partial charge in [0.15, 0.2) is 0 Å². The lowest BCUT2D eigenvalue weighted by Gasteiger charge is -2.01. The summed E-state index contributed by atoms with van der Waals surface area (Å²) in [5.74, 6) is 0. The largest absolute Gasteiger partial charge is 0.307 e. The van der Waals surface area contributed by atoms with Gasteiger partial charge in [-0.25, -0.2) is 0 Å². The zero-order valence-corrected chi connectivity index (χ0v) is 12.0. The summed E-state index contributed by atoms with van der Waals surface area (Å²) in [4.78, 5) is 2.57. The van der Waals surface area contributed by atoms with E-state index in [9.17, 15) is 0 Å². The maximum absolute atomic E-state index is 6.39. The standard InChI is InChI=1S/C14H12ClNS2/c15-14-11-5-1-2-6-12(11)18-13(14)9-16-8-10-4-3-7-17-10/h1-7,16H,8-9H2. The maximum Gasteiger partial charge on any atom is 0.0636 e. The first kappa shape index (κ1) is 12.2. The van der Waals surface area contributed by atoms with E-state index < -0.39 is 0 Å². The molecule has 0 bridgehead atoms. The molecule has 1 N–H and O–H groups in total. The molecule has 0 saturated carbocycles. The van der Waals surface area contributed by atoms with Crippen molar-refractivity contribution in [1.29, 1.82) is 0 Å². The van der Waals surface area contributed by atoms with Gasteiger partial charge in [-0.3, -0.25) is 0 Å². The van der Waals surface area contributed by atoms with E-state index in [1.54, 1.807) is 22.7 Å². The summed E-state index contributed by atoms with van der Waals surface area (Å²) in [5, 5.41) is 7.60. The van der Waals surface area contributed by atoms with Crippen LogP contribution in [0.15, 0.2) is 41.8 Å². The second kappa shape index (κ2) is 5.41. The molecule has 0 spiro atoms. The fourth-order valence-corrected chi connectivity index (χ4v) is 4.03. The highest BCUT2D eigenvalue weighted by Gasteiger charge is 2.09. The van der Waals surface area contributed by atoms with E-state index in [1.807, 2.05) is 6.07 Å². The van der Waals surface area contributed by atoms with Gasteiger partial charge in [-0.1, -0.05) is 35.9 Å². The third-order valence-corrected chi connectivity index (χ3v) is 5.36. The molecule has 0 atom stereocenters. The molecule has 92 valence electrons. The van der Waals surface area contributed by atoms with Crippen molar-refractivity contribution in [2.45, 2.75) is 13.1 Å². The number of hydrogen-bond acceptors (Lipinski definition) is 3. The van der Waals surface area contributed by atoms with Gasteiger partial charge in [0.1, 0.15) is 0 Å². The highest BCUT2D eigenvalue weighted by molar-refractivity contribution is 7.19. The first-order valence-corrected chi connectivity index (χ1v) is 7.81. The molecule has 0 aliphatic rings. The molecule has 4 heteroatoms. The lowest BCUT2D eigenvalue weighted by Crippen LogP contribution is -2.10. The lowest BCUT2D eigenvalue weighted by atomic mass is 10.2. The Morgan fingerprint density at radius 1 is 1.06 bits per heavy atom. The summed E-state index contributed by atoms with van der Waals surface area (Å²) < 4.78 is 1.26. The number of hydrogen-bond donors (Lipinski definition) is 1. The molecule has 0 aliphatic heterocycles. The summed E-state index contributed by atoms with van der Waals surface area (Å²) in [6.45, 7) is 1.73. The average Bonchev–Trinajstić information content (AvgIpc) is 3.00. The van der Waals surface area contributed by atoms with Crippen LogP contribution >= 0.6 is 34.3 Å². The Hall–Kier alpha value is -0.870. The van der Waals surface area contributed by atoms with E-state index in [0.29, 0.717) is 0 Å². The molecule has 0 saturated heterocycles. The normalized spacial score (nSPS) is 11.2. The van der Waals surface area contributed by atoms with Crippen molar-refractivity contribution in [2.75, 3.05) is 0 Å². The number of benzene rings is 1. The Labute approximate surface area is 119 Å². The summed E-state index contributed by atoms with van der Waals surface area (Å²) >= 11 is 9.94. The molecule has 3 aromatic rings. The Morgan fingerprint density at radius 2 is 1.94 bits per heavy atom. The van der Waals surface area contributed by atoms with E-state index in [4.69, 9.17) is 11.6 Å². The molecule has 18 heavy (non-hydrogen) atoms. The minimum Gasteiger partial charge on any atom is -0.307 e. The Bertz CT molecular complexity index is 643. The van der Waals surface area contributed by atoms with Crippen LogP contribution < -0.4 is 5.32 Å². The monoisotopic (exact) mass is 293 g/mol. The topological polar surface area (TPSA) is 12.0 Å². The number of halogens is 1. The number of fused-ring (bicyclic) bond motifs is 1. The van der Waals surface area contributed by atoms with Crippen molar-refractivity contribution in [3.05, 3.63) is 56.6 Å². The van der Waals surface area contributed by atoms with Crippen molar-refractivity contribution in [3.63, 3.8) is 0 Å². The van der Waals surface area contributed by atoms with E-state index in [-0.39, 0.29) is 0 Å². The Kier molecular flexibility index (Phi) is 3.66. The van der Waals surface area contributed by atoms with Crippen LogP contribution in [0, 0.1) is 0 Å². The fourth-order valence-electron chi connectivity index (χ4n) is 1.89. The second-order valence-electron chi connectivity index (χ2n) is 4.02. The van der Waals surface area contributed by atoms with Gasteiger partial charge < -0.3 is 5.32 Å². The predicted octanol–water partition coefficient (Wildman–Crippen LogP) is 4.91. The van der Waals surface area contributed by atoms with Gasteiger partial charge >= 0.3 is 0 Å². The second-order valence-corrected chi connectivity index (χ2v) is 6.57. The Morgan fingerprint density at radius 3 is 2.72 bits per heavy atom. The molecule has 0 amide bonds. The van der Waals surface area contributed by atoms with Crippen LogP contribution in [0.4, 0.5) is 0 Å². The third kappa shape index (κ3) is 2.45. The van der Waals surface area contributed by atoms with Crippen LogP contribution in [-0.4, -0.2) is 0 Å². The van der Waals surface area contributed by atoms with Gasteiger partial charge in [-0.15, -0.1) is 22.7 Å². The summed E-state index contributed by atoms with van der Waals surface area (Å²) in [5.41, 5.74) is 0. The molecular weight excluding hydrogens is 282 g/mol. The molecule has 0 radical (unpaired) electrons. The highest BCUT2D eigenvalue weighted by atomic mass is 35.5. The van der Waals surface area contributed by atoms with Gasteiger partial charge in [0.2, 0.25) is 0 Å². The predicted molar refractivity (Wildman–Crippen MR) is 81.7 cm³/mol. The average molecular weight is 294 g/mol. The first-order chi connectivity index (χ1) is 8.84. The van der Waals surface area contributed by atoms with Gasteiger partial charge in [-0.05, 0) is 17.5 Å². The SMILES string of the molecule is Clc1c(CNCc2cccs2)sc2ccccc12. The van der Waals surface area contributed by atoms with Crippen molar-refractivity contribution in [3.8, 4) is 0 Å². The summed E-state index contributed by atoms with van der Waals surface area (Å²) in [6, 6.07) is 12.5. The van der Waals surface area contributed by atoms with Crippen molar-refractivity contribution in [1.82, 2.24) is 5.32 Å². The summed E-state index contributed by atoms with van der Waals surface area (Å²) in [6.07, 6.45) is 0. The smallest absolute Gasteiger partial charge is 0.0636 e. The van der Waals surface area contributed by atoms with Crippen molar-refractivity contribution < 1.29 is 0 Å². The number of thiophene rings is 2. The van der Waals surface area contributed by atoms with E-state index in [0.717, 1.165) is 23.5 Å². The van der Waals surface area contributed by atoms with Crippen molar-refractivity contribution in [2.24, 2.45) is 0 Å². The zero-order valence-electron chi connectivity index (χ0n) is 9.65. The molecule has 0 aliphatic carbocycles. The van der Waals surface area contributed by atoms with Crippen LogP contribution in [-0.2, 0) is 13.1 Å². The van der Waals surface area contributed by atoms with Gasteiger partial charge in [0.25, 0.3) is 0 Å². The number of nitrogens with one attached hydrogen (secondary N) is 1. The molecule has 0 fully saturated rings. The lowest BCUT2D eigenvalue weighted by molar-refractivity contribution is 0.709. The van der Waals surface area contributed by atoms with Gasteiger partial charge in [-0.2, -0.15) is 0 Å².